The van der Waals surface area contributed by atoms with Gasteiger partial charge >= 0.3 is 5.97 Å². The van der Waals surface area contributed by atoms with E-state index in [1.807, 2.05) is 31.2 Å². The van der Waals surface area contributed by atoms with Gasteiger partial charge in [0.2, 0.25) is 5.88 Å². The van der Waals surface area contributed by atoms with Gasteiger partial charge < -0.3 is 24.7 Å². The Morgan fingerprint density at radius 1 is 1.00 bits per heavy atom. The summed E-state index contributed by atoms with van der Waals surface area (Å²) < 4.78 is 23.0. The number of unbranched alkanes of at least 4 members (excludes halogenated alkanes) is 1. The molecule has 7 nitrogen and oxygen atoms in total. The van der Waals surface area contributed by atoms with Crippen LogP contribution in [-0.4, -0.2) is 19.2 Å². The highest BCUT2D eigenvalue weighted by atomic mass is 16.5. The zero-order chi connectivity index (χ0) is 25.5. The average Bonchev–Trinajstić information content (AvgIpc) is 2.89. The highest BCUT2D eigenvalue weighted by Gasteiger charge is 2.33. The van der Waals surface area contributed by atoms with E-state index in [1.54, 1.807) is 42.5 Å². The summed E-state index contributed by atoms with van der Waals surface area (Å²) in [4.78, 5) is 12.9. The average molecular weight is 485 g/mol. The molecule has 3 aromatic rings. The van der Waals surface area contributed by atoms with Crippen molar-refractivity contribution in [1.82, 2.24) is 0 Å². The second-order valence-electron chi connectivity index (χ2n) is 8.18. The van der Waals surface area contributed by atoms with Crippen LogP contribution in [0.5, 0.6) is 23.0 Å². The lowest BCUT2D eigenvalue weighted by molar-refractivity contribution is 0.0730. The van der Waals surface area contributed by atoms with Gasteiger partial charge in [-0.3, -0.25) is 0 Å². The van der Waals surface area contributed by atoms with Crippen molar-refractivity contribution in [1.29, 1.82) is 5.26 Å². The molecule has 0 fully saturated rings. The van der Waals surface area contributed by atoms with Crippen LogP contribution in [-0.2, 0) is 0 Å². The monoisotopic (exact) mass is 484 g/mol. The molecule has 3 aromatic carbocycles. The van der Waals surface area contributed by atoms with Gasteiger partial charge in [0.1, 0.15) is 40.2 Å². The number of esters is 1. The number of fused-ring (bicyclic) bond motifs is 1. The van der Waals surface area contributed by atoms with Crippen LogP contribution in [0.1, 0.15) is 54.1 Å². The molecule has 0 aliphatic carbocycles. The number of nitrogens with zero attached hydrogens (tertiary/aromatic N) is 1. The van der Waals surface area contributed by atoms with Crippen LogP contribution in [0.2, 0.25) is 0 Å². The number of allylic oxidation sites excluding steroid dienone is 1. The third-order valence-electron chi connectivity index (χ3n) is 5.79. The number of nitriles is 1. The van der Waals surface area contributed by atoms with Crippen molar-refractivity contribution < 1.29 is 23.7 Å². The molecule has 2 N–H and O–H groups in total. The van der Waals surface area contributed by atoms with E-state index < -0.39 is 11.9 Å². The zero-order valence-corrected chi connectivity index (χ0v) is 20.3. The third-order valence-corrected chi connectivity index (χ3v) is 5.79. The van der Waals surface area contributed by atoms with E-state index in [9.17, 15) is 10.1 Å². The van der Waals surface area contributed by atoms with Crippen LogP contribution in [0.4, 0.5) is 0 Å². The predicted molar refractivity (Wildman–Crippen MR) is 135 cm³/mol. The smallest absolute Gasteiger partial charge is 0.347 e. The summed E-state index contributed by atoms with van der Waals surface area (Å²) in [5, 5.41) is 9.90. The van der Waals surface area contributed by atoms with Gasteiger partial charge in [0.05, 0.1) is 19.1 Å². The van der Waals surface area contributed by atoms with E-state index in [4.69, 9.17) is 24.7 Å². The van der Waals surface area contributed by atoms with Gasteiger partial charge in [-0.2, -0.15) is 5.26 Å². The van der Waals surface area contributed by atoms with Crippen LogP contribution >= 0.6 is 0 Å². The molecule has 1 atom stereocenters. The van der Waals surface area contributed by atoms with Crippen molar-refractivity contribution in [3.05, 3.63) is 94.9 Å². The van der Waals surface area contributed by atoms with Gasteiger partial charge in [-0.05, 0) is 37.6 Å². The van der Waals surface area contributed by atoms with Crippen molar-refractivity contribution in [3.63, 3.8) is 0 Å². The number of ether oxygens (including phenoxy) is 4. The maximum Gasteiger partial charge on any atom is 0.347 e. The Morgan fingerprint density at radius 2 is 1.75 bits per heavy atom. The lowest BCUT2D eigenvalue weighted by Crippen LogP contribution is -2.21. The Kier molecular flexibility index (Phi) is 7.76. The fourth-order valence-corrected chi connectivity index (χ4v) is 4.07. The lowest BCUT2D eigenvalue weighted by Gasteiger charge is -2.28. The number of benzene rings is 3. The van der Waals surface area contributed by atoms with Crippen LogP contribution in [0.3, 0.4) is 0 Å². The molecule has 4 rings (SSSR count). The summed E-state index contributed by atoms with van der Waals surface area (Å²) in [7, 11) is 0. The molecular formula is C29H28N2O5. The number of hydrogen-bond acceptors (Lipinski definition) is 7. The van der Waals surface area contributed by atoms with Gasteiger partial charge in [0.15, 0.2) is 0 Å². The van der Waals surface area contributed by atoms with Gasteiger partial charge in [0, 0.05) is 17.2 Å². The number of para-hydroxylation sites is 2. The van der Waals surface area contributed by atoms with Crippen molar-refractivity contribution in [2.24, 2.45) is 5.73 Å². The first kappa shape index (κ1) is 24.7. The van der Waals surface area contributed by atoms with Gasteiger partial charge in [-0.25, -0.2) is 4.79 Å². The molecule has 1 aliphatic rings. The maximum atomic E-state index is 12.9. The van der Waals surface area contributed by atoms with E-state index in [2.05, 4.69) is 13.0 Å². The summed E-state index contributed by atoms with van der Waals surface area (Å²) in [5.41, 5.74) is 8.32. The van der Waals surface area contributed by atoms with Gasteiger partial charge in [-0.15, -0.1) is 0 Å². The van der Waals surface area contributed by atoms with Crippen LogP contribution in [0.25, 0.3) is 0 Å². The van der Waals surface area contributed by atoms with Crippen LogP contribution < -0.4 is 24.7 Å². The van der Waals surface area contributed by atoms with Crippen molar-refractivity contribution in [3.8, 4) is 29.1 Å². The highest BCUT2D eigenvalue weighted by Crippen LogP contribution is 2.46. The SMILES string of the molecule is CCCCOc1ccccc1C1C(C#N)=C(N)Oc2cc(OC(=O)c3ccccc3OCC)ccc21. The summed E-state index contributed by atoms with van der Waals surface area (Å²) in [6.07, 6.45) is 1.93. The van der Waals surface area contributed by atoms with Crippen LogP contribution in [0.15, 0.2) is 78.2 Å². The molecule has 36 heavy (non-hydrogen) atoms. The van der Waals surface area contributed by atoms with Crippen molar-refractivity contribution in [2.75, 3.05) is 13.2 Å². The number of nitrogens with two attached hydrogens (primary N) is 1. The highest BCUT2D eigenvalue weighted by molar-refractivity contribution is 5.94. The summed E-state index contributed by atoms with van der Waals surface area (Å²) in [6, 6.07) is 21.8. The Hall–Kier alpha value is -4.44. The number of carbonyl (C=O) groups is 1. The topological polar surface area (TPSA) is 104 Å². The van der Waals surface area contributed by atoms with Crippen LogP contribution in [0, 0.1) is 11.3 Å². The molecule has 0 radical (unpaired) electrons. The molecule has 7 heteroatoms. The Balaban J connectivity index is 1.68. The Bertz CT molecular complexity index is 1330. The molecule has 184 valence electrons. The first-order chi connectivity index (χ1) is 17.6. The second kappa shape index (κ2) is 11.3. The van der Waals surface area contributed by atoms with Crippen molar-refractivity contribution in [2.45, 2.75) is 32.6 Å². The van der Waals surface area contributed by atoms with Gasteiger partial charge in [0.25, 0.3) is 0 Å². The molecule has 0 spiro atoms. The standard InChI is InChI=1S/C29H28N2O5/c1-3-5-16-34-24-12-8-6-10-20(24)27-21-15-14-19(17-26(21)36-28(31)23(27)18-30)35-29(32)22-11-7-9-13-25(22)33-4-2/h6-15,17,27H,3-5,16,31H2,1-2H3. The first-order valence-corrected chi connectivity index (χ1v) is 11.9. The fourth-order valence-electron chi connectivity index (χ4n) is 4.07. The van der Waals surface area contributed by atoms with E-state index in [0.717, 1.165) is 24.0 Å². The molecule has 1 aliphatic heterocycles. The number of carbonyl (C=O) groups excluding carboxylic acids is 1. The largest absolute Gasteiger partial charge is 0.493 e. The summed E-state index contributed by atoms with van der Waals surface area (Å²) in [5.74, 6) is 0.788. The molecule has 0 aromatic heterocycles. The second-order valence-corrected chi connectivity index (χ2v) is 8.18. The first-order valence-electron chi connectivity index (χ1n) is 11.9. The molecule has 0 amide bonds. The zero-order valence-electron chi connectivity index (χ0n) is 20.3. The number of rotatable bonds is 9. The third kappa shape index (κ3) is 5.13. The van der Waals surface area contributed by atoms with Crippen molar-refractivity contribution >= 4 is 5.97 Å². The van der Waals surface area contributed by atoms with E-state index in [-0.39, 0.29) is 11.6 Å². The minimum absolute atomic E-state index is 0.00327. The van der Waals surface area contributed by atoms with E-state index in [0.29, 0.717) is 41.6 Å². The molecule has 0 bridgehead atoms. The Labute approximate surface area is 210 Å². The molecule has 1 heterocycles. The Morgan fingerprint density at radius 3 is 2.50 bits per heavy atom. The lowest BCUT2D eigenvalue weighted by atomic mass is 9.83. The summed E-state index contributed by atoms with van der Waals surface area (Å²) in [6.45, 7) is 4.94. The molecule has 0 saturated carbocycles. The molecule has 1 unspecified atom stereocenters. The summed E-state index contributed by atoms with van der Waals surface area (Å²) >= 11 is 0. The number of hydrogen-bond donors (Lipinski definition) is 1. The maximum absolute atomic E-state index is 12.9. The molecule has 0 saturated heterocycles. The van der Waals surface area contributed by atoms with E-state index in [1.165, 1.54) is 0 Å². The fraction of sp³-hybridized carbons (Fsp3) is 0.241. The molecular weight excluding hydrogens is 456 g/mol. The minimum Gasteiger partial charge on any atom is -0.493 e. The quantitative estimate of drug-likeness (QED) is 0.236. The normalized spacial score (nSPS) is 14.3. The minimum atomic E-state index is -0.553. The van der Waals surface area contributed by atoms with E-state index >= 15 is 0 Å². The van der Waals surface area contributed by atoms with Gasteiger partial charge in [-0.1, -0.05) is 49.7 Å². The predicted octanol–water partition coefficient (Wildman–Crippen LogP) is 5.70.